The summed E-state index contributed by atoms with van der Waals surface area (Å²) in [7, 11) is 0. The fourth-order valence-electron chi connectivity index (χ4n) is 1.22. The summed E-state index contributed by atoms with van der Waals surface area (Å²) in [4.78, 5) is 11.3. The zero-order valence-electron chi connectivity index (χ0n) is 6.62. The number of aromatic amines is 1. The Morgan fingerprint density at radius 1 is 1.46 bits per heavy atom. The Labute approximate surface area is 78.5 Å². The van der Waals surface area contributed by atoms with E-state index in [2.05, 4.69) is 15.4 Å². The van der Waals surface area contributed by atoms with Crippen molar-refractivity contribution in [3.05, 3.63) is 34.1 Å². The van der Waals surface area contributed by atoms with Crippen LogP contribution in [-0.2, 0) is 5.88 Å². The zero-order chi connectivity index (χ0) is 9.26. The number of H-pyrrole nitrogens is 1. The molecule has 66 valence electrons. The van der Waals surface area contributed by atoms with E-state index < -0.39 is 0 Å². The monoisotopic (exact) mass is 195 g/mol. The van der Waals surface area contributed by atoms with Crippen molar-refractivity contribution in [3.63, 3.8) is 0 Å². The van der Waals surface area contributed by atoms with Crippen LogP contribution in [0.3, 0.4) is 0 Å². The van der Waals surface area contributed by atoms with Crippen molar-refractivity contribution in [3.8, 4) is 0 Å². The first kappa shape index (κ1) is 8.19. The molecular formula is C8H6ClN3O. The number of benzene rings is 1. The molecule has 1 aromatic carbocycles. The summed E-state index contributed by atoms with van der Waals surface area (Å²) in [6.45, 7) is 0. The number of alkyl halides is 1. The molecule has 13 heavy (non-hydrogen) atoms. The number of nitrogens with one attached hydrogen (secondary N) is 1. The summed E-state index contributed by atoms with van der Waals surface area (Å²) in [6, 6.07) is 5.33. The average molecular weight is 196 g/mol. The Morgan fingerprint density at radius 3 is 3.08 bits per heavy atom. The van der Waals surface area contributed by atoms with Crippen molar-refractivity contribution < 1.29 is 0 Å². The molecule has 0 unspecified atom stereocenters. The van der Waals surface area contributed by atoms with Gasteiger partial charge in [0.25, 0.3) is 5.56 Å². The van der Waals surface area contributed by atoms with E-state index in [1.54, 1.807) is 18.2 Å². The van der Waals surface area contributed by atoms with E-state index in [0.717, 1.165) is 5.56 Å². The van der Waals surface area contributed by atoms with Gasteiger partial charge in [0.2, 0.25) is 0 Å². The van der Waals surface area contributed by atoms with Gasteiger partial charge in [0.1, 0.15) is 5.52 Å². The molecular weight excluding hydrogens is 190 g/mol. The molecule has 5 heteroatoms. The highest BCUT2D eigenvalue weighted by Gasteiger charge is 2.04. The maximum absolute atomic E-state index is 11.3. The molecule has 0 aliphatic heterocycles. The van der Waals surface area contributed by atoms with Gasteiger partial charge < -0.3 is 0 Å². The number of aromatic nitrogens is 3. The van der Waals surface area contributed by atoms with Gasteiger partial charge in [0, 0.05) is 5.88 Å². The van der Waals surface area contributed by atoms with Crippen molar-refractivity contribution in [1.82, 2.24) is 15.4 Å². The third-order valence-electron chi connectivity index (χ3n) is 1.81. The highest BCUT2D eigenvalue weighted by molar-refractivity contribution is 6.17. The van der Waals surface area contributed by atoms with Crippen LogP contribution < -0.4 is 5.56 Å². The van der Waals surface area contributed by atoms with Crippen LogP contribution in [0, 0.1) is 0 Å². The number of halogens is 1. The summed E-state index contributed by atoms with van der Waals surface area (Å²) >= 11 is 5.68. The maximum Gasteiger partial charge on any atom is 0.275 e. The number of hydrogen-bond acceptors (Lipinski definition) is 3. The quantitative estimate of drug-likeness (QED) is 0.693. The van der Waals surface area contributed by atoms with Gasteiger partial charge in [-0.2, -0.15) is 0 Å². The fourth-order valence-corrected chi connectivity index (χ4v) is 1.45. The van der Waals surface area contributed by atoms with Crippen molar-refractivity contribution in [2.24, 2.45) is 0 Å². The van der Waals surface area contributed by atoms with Gasteiger partial charge in [-0.05, 0) is 11.6 Å². The molecule has 1 heterocycles. The number of rotatable bonds is 1. The first-order valence-corrected chi connectivity index (χ1v) is 4.25. The zero-order valence-corrected chi connectivity index (χ0v) is 7.38. The molecule has 2 aromatic rings. The predicted octanol–water partition coefficient (Wildman–Crippen LogP) is 1.06. The predicted molar refractivity (Wildman–Crippen MR) is 49.7 cm³/mol. The number of hydrogen-bond donors (Lipinski definition) is 1. The van der Waals surface area contributed by atoms with Gasteiger partial charge in [-0.25, -0.2) is 5.10 Å². The molecule has 0 amide bonds. The van der Waals surface area contributed by atoms with Crippen LogP contribution in [0.15, 0.2) is 23.0 Å². The van der Waals surface area contributed by atoms with Crippen LogP contribution in [0.4, 0.5) is 0 Å². The van der Waals surface area contributed by atoms with Crippen LogP contribution in [0.5, 0.6) is 0 Å². The van der Waals surface area contributed by atoms with Crippen LogP contribution in [0.1, 0.15) is 5.56 Å². The molecule has 0 radical (unpaired) electrons. The highest BCUT2D eigenvalue weighted by Crippen LogP contribution is 2.13. The summed E-state index contributed by atoms with van der Waals surface area (Å²) in [6.07, 6.45) is 0. The molecule has 0 aliphatic rings. The standard InChI is InChI=1S/C8H6ClN3O/c9-4-5-2-1-3-6-7(5)8(13)11-12-10-6/h1-3H,4H2,(H,10,11,13). The van der Waals surface area contributed by atoms with Crippen LogP contribution >= 0.6 is 11.6 Å². The Morgan fingerprint density at radius 2 is 2.31 bits per heavy atom. The molecule has 1 N–H and O–H groups in total. The maximum atomic E-state index is 11.3. The lowest BCUT2D eigenvalue weighted by Crippen LogP contribution is -2.11. The Hall–Kier alpha value is -1.42. The van der Waals surface area contributed by atoms with Gasteiger partial charge in [0.15, 0.2) is 0 Å². The van der Waals surface area contributed by atoms with Crippen LogP contribution in [-0.4, -0.2) is 15.4 Å². The van der Waals surface area contributed by atoms with Crippen molar-refractivity contribution in [1.29, 1.82) is 0 Å². The molecule has 0 fully saturated rings. The van der Waals surface area contributed by atoms with E-state index >= 15 is 0 Å². The summed E-state index contributed by atoms with van der Waals surface area (Å²) in [5, 5.41) is 10.0. The van der Waals surface area contributed by atoms with E-state index in [4.69, 9.17) is 11.6 Å². The summed E-state index contributed by atoms with van der Waals surface area (Å²) in [5.41, 5.74) is 1.10. The molecule has 2 rings (SSSR count). The summed E-state index contributed by atoms with van der Waals surface area (Å²) < 4.78 is 0. The smallest absolute Gasteiger partial charge is 0.267 e. The minimum Gasteiger partial charge on any atom is -0.267 e. The fraction of sp³-hybridized carbons (Fsp3) is 0.125. The van der Waals surface area contributed by atoms with E-state index in [1.807, 2.05) is 0 Å². The largest absolute Gasteiger partial charge is 0.275 e. The second kappa shape index (κ2) is 3.14. The first-order valence-electron chi connectivity index (χ1n) is 3.72. The molecule has 0 atom stereocenters. The van der Waals surface area contributed by atoms with Gasteiger partial charge in [0.05, 0.1) is 5.39 Å². The van der Waals surface area contributed by atoms with Gasteiger partial charge in [-0.1, -0.05) is 17.3 Å². The van der Waals surface area contributed by atoms with E-state index in [-0.39, 0.29) is 5.56 Å². The van der Waals surface area contributed by atoms with Crippen LogP contribution in [0.2, 0.25) is 0 Å². The SMILES string of the molecule is O=c1[nH]nnc2cccc(CCl)c12. The third-order valence-corrected chi connectivity index (χ3v) is 2.10. The van der Waals surface area contributed by atoms with Crippen molar-refractivity contribution in [2.45, 2.75) is 5.88 Å². The minimum atomic E-state index is -0.249. The Balaban J connectivity index is 2.95. The van der Waals surface area contributed by atoms with E-state index in [9.17, 15) is 4.79 Å². The lowest BCUT2D eigenvalue weighted by atomic mass is 10.1. The number of nitrogens with zero attached hydrogens (tertiary/aromatic N) is 2. The molecule has 0 bridgehead atoms. The molecule has 0 aliphatic carbocycles. The highest BCUT2D eigenvalue weighted by atomic mass is 35.5. The molecule has 0 saturated carbocycles. The summed E-state index contributed by atoms with van der Waals surface area (Å²) in [5.74, 6) is 0.298. The third kappa shape index (κ3) is 1.29. The normalized spacial score (nSPS) is 10.5. The van der Waals surface area contributed by atoms with E-state index in [0.29, 0.717) is 16.8 Å². The van der Waals surface area contributed by atoms with Gasteiger partial charge in [-0.15, -0.1) is 16.7 Å². The van der Waals surface area contributed by atoms with Gasteiger partial charge in [-0.3, -0.25) is 4.79 Å². The lowest BCUT2D eigenvalue weighted by Gasteiger charge is -1.98. The van der Waals surface area contributed by atoms with E-state index in [1.165, 1.54) is 0 Å². The molecule has 0 saturated heterocycles. The first-order chi connectivity index (χ1) is 6.33. The second-order valence-electron chi connectivity index (χ2n) is 2.59. The Kier molecular flexibility index (Phi) is 1.98. The number of fused-ring (bicyclic) bond motifs is 1. The lowest BCUT2D eigenvalue weighted by molar-refractivity contribution is 0.871. The average Bonchev–Trinajstić information content (AvgIpc) is 2.17. The topological polar surface area (TPSA) is 58.6 Å². The molecule has 1 aromatic heterocycles. The van der Waals surface area contributed by atoms with Crippen LogP contribution in [0.25, 0.3) is 10.9 Å². The van der Waals surface area contributed by atoms with Crippen molar-refractivity contribution >= 4 is 22.5 Å². The molecule has 4 nitrogen and oxygen atoms in total. The molecule has 0 spiro atoms. The van der Waals surface area contributed by atoms with Crippen molar-refractivity contribution in [2.75, 3.05) is 0 Å². The Bertz CT molecular complexity index is 489. The van der Waals surface area contributed by atoms with Gasteiger partial charge >= 0.3 is 0 Å². The second-order valence-corrected chi connectivity index (χ2v) is 2.85. The minimum absolute atomic E-state index is 0.249.